The first kappa shape index (κ1) is 20.1. The van der Waals surface area contributed by atoms with E-state index < -0.39 is 0 Å². The Hall–Kier alpha value is -1.90. The molecule has 0 aromatic carbocycles. The van der Waals surface area contributed by atoms with Crippen LogP contribution in [0.15, 0.2) is 46.3 Å². The molecule has 0 atom stereocenters. The average molecular weight is 330 g/mol. The van der Waals surface area contributed by atoms with Crippen LogP contribution in [0.1, 0.15) is 72.6 Å². The summed E-state index contributed by atoms with van der Waals surface area (Å²) in [4.78, 5) is 24.4. The highest BCUT2D eigenvalue weighted by Gasteiger charge is 2.27. The summed E-state index contributed by atoms with van der Waals surface area (Å²) in [5, 5.41) is 10.1. The maximum absolute atomic E-state index is 12.2. The number of unbranched alkanes of at least 4 members (excludes halogenated alkanes) is 2. The molecule has 0 unspecified atom stereocenters. The number of ketones is 2. The minimum Gasteiger partial charge on any atom is -0.504 e. The molecule has 0 aromatic heterocycles. The number of Topliss-reactive ketones (excluding diaryl/α,β-unsaturated/α-hetero) is 1. The van der Waals surface area contributed by atoms with Gasteiger partial charge in [0.1, 0.15) is 0 Å². The van der Waals surface area contributed by atoms with E-state index in [0.29, 0.717) is 18.4 Å². The number of aliphatic hydroxyl groups excluding tert-OH is 1. The first-order chi connectivity index (χ1) is 11.4. The van der Waals surface area contributed by atoms with Gasteiger partial charge in [0.05, 0.1) is 0 Å². The molecule has 0 aromatic rings. The zero-order chi connectivity index (χ0) is 18.1. The Morgan fingerprint density at radius 3 is 2.46 bits per heavy atom. The fraction of sp³-hybridized carbons (Fsp3) is 0.524. The molecule has 132 valence electrons. The fourth-order valence-electron chi connectivity index (χ4n) is 2.63. The van der Waals surface area contributed by atoms with E-state index in [0.717, 1.165) is 37.7 Å². The molecular formula is C21H30O3. The minimum atomic E-state index is -0.378. The van der Waals surface area contributed by atoms with Crippen LogP contribution in [0.25, 0.3) is 0 Å². The molecule has 0 aliphatic heterocycles. The fourth-order valence-corrected chi connectivity index (χ4v) is 2.63. The molecule has 0 saturated carbocycles. The molecule has 0 spiro atoms. The Bertz CT molecular complexity index is 597. The van der Waals surface area contributed by atoms with Gasteiger partial charge in [-0.3, -0.25) is 9.59 Å². The predicted molar refractivity (Wildman–Crippen MR) is 98.9 cm³/mol. The van der Waals surface area contributed by atoms with Crippen LogP contribution in [0.2, 0.25) is 0 Å². The normalized spacial score (nSPS) is 15.7. The highest BCUT2D eigenvalue weighted by Crippen LogP contribution is 2.24. The summed E-state index contributed by atoms with van der Waals surface area (Å²) in [7, 11) is 0. The van der Waals surface area contributed by atoms with Crippen LogP contribution < -0.4 is 0 Å². The van der Waals surface area contributed by atoms with E-state index in [4.69, 9.17) is 0 Å². The first-order valence-electron chi connectivity index (χ1n) is 8.87. The van der Waals surface area contributed by atoms with Gasteiger partial charge in [0.25, 0.3) is 0 Å². The molecule has 1 N–H and O–H groups in total. The van der Waals surface area contributed by atoms with Gasteiger partial charge in [-0.2, -0.15) is 0 Å². The van der Waals surface area contributed by atoms with Crippen LogP contribution >= 0.6 is 0 Å². The number of hydrogen-bond acceptors (Lipinski definition) is 3. The van der Waals surface area contributed by atoms with Crippen molar-refractivity contribution in [3.63, 3.8) is 0 Å². The Morgan fingerprint density at radius 2 is 1.83 bits per heavy atom. The molecule has 1 aliphatic carbocycles. The van der Waals surface area contributed by atoms with Crippen molar-refractivity contribution in [2.45, 2.75) is 72.6 Å². The number of rotatable bonds is 9. The van der Waals surface area contributed by atoms with Crippen LogP contribution in [0.3, 0.4) is 0 Å². The van der Waals surface area contributed by atoms with Gasteiger partial charge < -0.3 is 5.11 Å². The summed E-state index contributed by atoms with van der Waals surface area (Å²) in [6.45, 7) is 8.23. The largest absolute Gasteiger partial charge is 0.504 e. The van der Waals surface area contributed by atoms with Crippen LogP contribution in [0.4, 0.5) is 0 Å². The zero-order valence-electron chi connectivity index (χ0n) is 15.4. The van der Waals surface area contributed by atoms with Crippen LogP contribution in [-0.2, 0) is 9.59 Å². The maximum Gasteiger partial charge on any atom is 0.223 e. The third-order valence-electron chi connectivity index (χ3n) is 4.19. The van der Waals surface area contributed by atoms with E-state index in [9.17, 15) is 14.7 Å². The third-order valence-corrected chi connectivity index (χ3v) is 4.19. The van der Waals surface area contributed by atoms with Crippen molar-refractivity contribution in [2.24, 2.45) is 0 Å². The second kappa shape index (κ2) is 10.1. The van der Waals surface area contributed by atoms with Gasteiger partial charge in [-0.15, -0.1) is 0 Å². The van der Waals surface area contributed by atoms with Gasteiger partial charge >= 0.3 is 0 Å². The number of allylic oxidation sites excluding steroid dienone is 7. The predicted octanol–water partition coefficient (Wildman–Crippen LogP) is 5.54. The van der Waals surface area contributed by atoms with Crippen molar-refractivity contribution in [3.05, 3.63) is 46.3 Å². The zero-order valence-corrected chi connectivity index (χ0v) is 15.4. The summed E-state index contributed by atoms with van der Waals surface area (Å²) in [5.74, 6) is -0.967. The topological polar surface area (TPSA) is 54.4 Å². The molecule has 3 heteroatoms. The highest BCUT2D eigenvalue weighted by atomic mass is 16.3. The van der Waals surface area contributed by atoms with Crippen LogP contribution in [0, 0.1) is 0 Å². The summed E-state index contributed by atoms with van der Waals surface area (Å²) in [6, 6.07) is 0. The summed E-state index contributed by atoms with van der Waals surface area (Å²) in [6.07, 6.45) is 11.2. The molecule has 0 radical (unpaired) electrons. The Morgan fingerprint density at radius 1 is 1.12 bits per heavy atom. The maximum atomic E-state index is 12.2. The van der Waals surface area contributed by atoms with Gasteiger partial charge in [-0.25, -0.2) is 0 Å². The summed E-state index contributed by atoms with van der Waals surface area (Å²) >= 11 is 0. The Labute approximate surface area is 145 Å². The van der Waals surface area contributed by atoms with Gasteiger partial charge in [0.15, 0.2) is 11.5 Å². The molecule has 3 nitrogen and oxygen atoms in total. The molecular weight excluding hydrogens is 300 g/mol. The van der Waals surface area contributed by atoms with Crippen molar-refractivity contribution in [2.75, 3.05) is 0 Å². The summed E-state index contributed by atoms with van der Waals surface area (Å²) < 4.78 is 0. The molecule has 1 rings (SSSR count). The van der Waals surface area contributed by atoms with Gasteiger partial charge in [0, 0.05) is 11.1 Å². The van der Waals surface area contributed by atoms with E-state index in [2.05, 4.69) is 26.8 Å². The lowest BCUT2D eigenvalue weighted by molar-refractivity contribution is -0.118. The monoisotopic (exact) mass is 330 g/mol. The second-order valence-electron chi connectivity index (χ2n) is 6.72. The van der Waals surface area contributed by atoms with Crippen molar-refractivity contribution < 1.29 is 14.7 Å². The average Bonchev–Trinajstić information content (AvgIpc) is 2.51. The number of aliphatic hydroxyl groups is 1. The van der Waals surface area contributed by atoms with Crippen molar-refractivity contribution >= 4 is 11.6 Å². The standard InChI is InChI=1S/C21H30O3/c1-5-6-7-11-17-14-19(22)18(21(24)20(17)23)13-12-16(4)10-8-9-15(2)3/h9,12,14,24H,5-8,10-11,13H2,1-4H3/b16-12+. The van der Waals surface area contributed by atoms with E-state index in [1.165, 1.54) is 11.6 Å². The van der Waals surface area contributed by atoms with Crippen molar-refractivity contribution in [1.82, 2.24) is 0 Å². The molecule has 0 saturated heterocycles. The van der Waals surface area contributed by atoms with E-state index in [-0.39, 0.29) is 22.9 Å². The van der Waals surface area contributed by atoms with E-state index in [1.54, 1.807) is 0 Å². The number of carbonyl (C=O) groups excluding carboxylic acids is 2. The van der Waals surface area contributed by atoms with Gasteiger partial charge in [-0.05, 0) is 59.0 Å². The molecule has 0 fully saturated rings. The third kappa shape index (κ3) is 6.31. The molecule has 0 heterocycles. The molecule has 24 heavy (non-hydrogen) atoms. The second-order valence-corrected chi connectivity index (χ2v) is 6.72. The lowest BCUT2D eigenvalue weighted by Gasteiger charge is -2.14. The SMILES string of the molecule is CCCCCC1=CC(=O)C(C/C=C(\C)CCC=C(C)C)=C(O)C1=O. The summed E-state index contributed by atoms with van der Waals surface area (Å²) in [5.41, 5.74) is 3.11. The molecule has 0 bridgehead atoms. The van der Waals surface area contributed by atoms with Crippen molar-refractivity contribution in [1.29, 1.82) is 0 Å². The van der Waals surface area contributed by atoms with E-state index in [1.807, 2.05) is 13.0 Å². The van der Waals surface area contributed by atoms with Crippen LogP contribution in [-0.4, -0.2) is 16.7 Å². The van der Waals surface area contributed by atoms with Crippen molar-refractivity contribution in [3.8, 4) is 0 Å². The lowest BCUT2D eigenvalue weighted by Crippen LogP contribution is -2.19. The minimum absolute atomic E-state index is 0.223. The van der Waals surface area contributed by atoms with Crippen LogP contribution in [0.5, 0.6) is 0 Å². The number of hydrogen-bond donors (Lipinski definition) is 1. The molecule has 0 amide bonds. The highest BCUT2D eigenvalue weighted by molar-refractivity contribution is 6.21. The number of carbonyl (C=O) groups is 2. The lowest BCUT2D eigenvalue weighted by atomic mass is 9.90. The van der Waals surface area contributed by atoms with Gasteiger partial charge in [0.2, 0.25) is 5.78 Å². The Kier molecular flexibility index (Phi) is 8.45. The van der Waals surface area contributed by atoms with Gasteiger partial charge in [-0.1, -0.05) is 43.1 Å². The smallest absolute Gasteiger partial charge is 0.223 e. The molecule has 1 aliphatic rings. The van der Waals surface area contributed by atoms with E-state index >= 15 is 0 Å². The quantitative estimate of drug-likeness (QED) is 0.343. The Balaban J connectivity index is 2.70. The first-order valence-corrected chi connectivity index (χ1v) is 8.87.